The summed E-state index contributed by atoms with van der Waals surface area (Å²) < 4.78 is 12.7. The molecule has 1 aromatic rings. The van der Waals surface area contributed by atoms with Gasteiger partial charge in [-0.2, -0.15) is 5.26 Å². The SMILES string of the molecule is C[C@H](CC#N)[C@@H](NC(=O)c1ccc(F)cc1)C(=O)O. The summed E-state index contributed by atoms with van der Waals surface area (Å²) in [5.74, 6) is -2.83. The fraction of sp³-hybridized carbons (Fsp3) is 0.308. The highest BCUT2D eigenvalue weighted by atomic mass is 19.1. The Hall–Kier alpha value is -2.42. The van der Waals surface area contributed by atoms with Crippen molar-refractivity contribution in [2.45, 2.75) is 19.4 Å². The van der Waals surface area contributed by atoms with Gasteiger partial charge in [0.15, 0.2) is 0 Å². The highest BCUT2D eigenvalue weighted by Crippen LogP contribution is 2.10. The van der Waals surface area contributed by atoms with Crippen molar-refractivity contribution < 1.29 is 19.1 Å². The number of rotatable bonds is 5. The summed E-state index contributed by atoms with van der Waals surface area (Å²) in [5, 5.41) is 19.9. The third-order valence-electron chi connectivity index (χ3n) is 2.64. The van der Waals surface area contributed by atoms with Gasteiger partial charge in [-0.25, -0.2) is 9.18 Å². The highest BCUT2D eigenvalue weighted by molar-refractivity contribution is 5.96. The number of amides is 1. The van der Waals surface area contributed by atoms with Gasteiger partial charge in [0.25, 0.3) is 5.91 Å². The fourth-order valence-electron chi connectivity index (χ4n) is 1.54. The van der Waals surface area contributed by atoms with Gasteiger partial charge in [-0.15, -0.1) is 0 Å². The van der Waals surface area contributed by atoms with Gasteiger partial charge in [0, 0.05) is 17.9 Å². The average molecular weight is 264 g/mol. The van der Waals surface area contributed by atoms with Crippen LogP contribution in [0.3, 0.4) is 0 Å². The second-order valence-corrected chi connectivity index (χ2v) is 4.14. The van der Waals surface area contributed by atoms with E-state index >= 15 is 0 Å². The zero-order chi connectivity index (χ0) is 14.4. The van der Waals surface area contributed by atoms with E-state index in [2.05, 4.69) is 5.32 Å². The lowest BCUT2D eigenvalue weighted by Crippen LogP contribution is -2.45. The van der Waals surface area contributed by atoms with Crippen LogP contribution in [0.2, 0.25) is 0 Å². The Morgan fingerprint density at radius 3 is 2.47 bits per heavy atom. The number of hydrogen-bond donors (Lipinski definition) is 2. The van der Waals surface area contributed by atoms with Crippen LogP contribution in [0.5, 0.6) is 0 Å². The van der Waals surface area contributed by atoms with E-state index in [0.717, 1.165) is 12.1 Å². The molecule has 19 heavy (non-hydrogen) atoms. The molecule has 2 atom stereocenters. The molecule has 1 aromatic carbocycles. The Kier molecular flexibility index (Phi) is 5.01. The van der Waals surface area contributed by atoms with Crippen LogP contribution >= 0.6 is 0 Å². The maximum Gasteiger partial charge on any atom is 0.326 e. The molecule has 0 heterocycles. The molecule has 1 amide bonds. The summed E-state index contributed by atoms with van der Waals surface area (Å²) in [6.45, 7) is 1.56. The Morgan fingerprint density at radius 1 is 1.42 bits per heavy atom. The topological polar surface area (TPSA) is 90.2 Å². The van der Waals surface area contributed by atoms with Gasteiger partial charge in [-0.1, -0.05) is 6.92 Å². The first kappa shape index (κ1) is 14.6. The molecule has 0 bridgehead atoms. The van der Waals surface area contributed by atoms with Crippen molar-refractivity contribution in [1.82, 2.24) is 5.32 Å². The molecule has 0 aliphatic heterocycles. The number of aliphatic carboxylic acids is 1. The van der Waals surface area contributed by atoms with E-state index in [1.807, 2.05) is 6.07 Å². The second kappa shape index (κ2) is 6.50. The number of benzene rings is 1. The summed E-state index contributed by atoms with van der Waals surface area (Å²) >= 11 is 0. The lowest BCUT2D eigenvalue weighted by Gasteiger charge is -2.19. The number of carbonyl (C=O) groups excluding carboxylic acids is 1. The normalized spacial score (nSPS) is 13.1. The van der Waals surface area contributed by atoms with Gasteiger partial charge in [-0.3, -0.25) is 4.79 Å². The molecule has 5 nitrogen and oxygen atoms in total. The molecule has 0 fully saturated rings. The molecule has 0 saturated carbocycles. The van der Waals surface area contributed by atoms with E-state index in [9.17, 15) is 14.0 Å². The van der Waals surface area contributed by atoms with Crippen molar-refractivity contribution in [2.24, 2.45) is 5.92 Å². The zero-order valence-corrected chi connectivity index (χ0v) is 10.3. The quantitative estimate of drug-likeness (QED) is 0.844. The molecule has 0 unspecified atom stereocenters. The average Bonchev–Trinajstić information content (AvgIpc) is 2.36. The molecule has 100 valence electrons. The van der Waals surface area contributed by atoms with E-state index in [0.29, 0.717) is 0 Å². The number of nitrogens with zero attached hydrogens (tertiary/aromatic N) is 1. The van der Waals surface area contributed by atoms with E-state index in [-0.39, 0.29) is 12.0 Å². The van der Waals surface area contributed by atoms with Crippen LogP contribution in [-0.4, -0.2) is 23.0 Å². The van der Waals surface area contributed by atoms with Crippen LogP contribution < -0.4 is 5.32 Å². The third kappa shape index (κ3) is 4.07. The fourth-order valence-corrected chi connectivity index (χ4v) is 1.54. The maximum absolute atomic E-state index is 12.7. The molecule has 0 saturated heterocycles. The number of halogens is 1. The first-order valence-corrected chi connectivity index (χ1v) is 5.62. The van der Waals surface area contributed by atoms with Crippen molar-refractivity contribution in [1.29, 1.82) is 5.26 Å². The smallest absolute Gasteiger partial charge is 0.326 e. The van der Waals surface area contributed by atoms with Gasteiger partial charge in [0.2, 0.25) is 0 Å². The second-order valence-electron chi connectivity index (χ2n) is 4.14. The predicted octanol–water partition coefficient (Wildman–Crippen LogP) is 1.56. The number of carboxylic acid groups (broad SMARTS) is 1. The van der Waals surface area contributed by atoms with Crippen molar-refractivity contribution in [3.8, 4) is 6.07 Å². The first-order valence-electron chi connectivity index (χ1n) is 5.62. The van der Waals surface area contributed by atoms with Crippen LogP contribution in [0.25, 0.3) is 0 Å². The minimum absolute atomic E-state index is 0.0145. The first-order chi connectivity index (χ1) is 8.95. The molecule has 0 aromatic heterocycles. The number of nitrogens with one attached hydrogen (secondary N) is 1. The lowest BCUT2D eigenvalue weighted by atomic mass is 9.98. The van der Waals surface area contributed by atoms with Gasteiger partial charge in [0.05, 0.1) is 6.07 Å². The maximum atomic E-state index is 12.7. The summed E-state index contributed by atoms with van der Waals surface area (Å²) in [6.07, 6.45) is 0.0145. The Bertz CT molecular complexity index is 508. The van der Waals surface area contributed by atoms with E-state index in [1.54, 1.807) is 6.92 Å². The van der Waals surface area contributed by atoms with Crippen molar-refractivity contribution in [2.75, 3.05) is 0 Å². The van der Waals surface area contributed by atoms with Crippen LogP contribution in [0.1, 0.15) is 23.7 Å². The summed E-state index contributed by atoms with van der Waals surface area (Å²) in [7, 11) is 0. The Labute approximate surface area is 109 Å². The molecule has 0 aliphatic rings. The highest BCUT2D eigenvalue weighted by Gasteiger charge is 2.26. The summed E-state index contributed by atoms with van der Waals surface area (Å²) in [4.78, 5) is 22.9. The number of carboxylic acids is 1. The molecular weight excluding hydrogens is 251 g/mol. The Balaban J connectivity index is 2.80. The molecule has 0 aliphatic carbocycles. The predicted molar refractivity (Wildman–Crippen MR) is 64.7 cm³/mol. The third-order valence-corrected chi connectivity index (χ3v) is 2.64. The van der Waals surface area contributed by atoms with Crippen LogP contribution in [0, 0.1) is 23.1 Å². The minimum Gasteiger partial charge on any atom is -0.480 e. The lowest BCUT2D eigenvalue weighted by molar-refractivity contribution is -0.140. The van der Waals surface area contributed by atoms with Crippen molar-refractivity contribution in [3.05, 3.63) is 35.6 Å². The van der Waals surface area contributed by atoms with Gasteiger partial charge >= 0.3 is 5.97 Å². The van der Waals surface area contributed by atoms with Gasteiger partial charge < -0.3 is 10.4 Å². The van der Waals surface area contributed by atoms with Crippen LogP contribution in [0.4, 0.5) is 4.39 Å². The largest absolute Gasteiger partial charge is 0.480 e. The van der Waals surface area contributed by atoms with E-state index < -0.39 is 29.7 Å². The molecule has 1 rings (SSSR count). The molecule has 0 spiro atoms. The van der Waals surface area contributed by atoms with Crippen molar-refractivity contribution >= 4 is 11.9 Å². The van der Waals surface area contributed by atoms with Crippen LogP contribution in [-0.2, 0) is 4.79 Å². The van der Waals surface area contributed by atoms with E-state index in [1.165, 1.54) is 12.1 Å². The van der Waals surface area contributed by atoms with Gasteiger partial charge in [-0.05, 0) is 24.3 Å². The van der Waals surface area contributed by atoms with E-state index in [4.69, 9.17) is 10.4 Å². The Morgan fingerprint density at radius 2 is 2.00 bits per heavy atom. The standard InChI is InChI=1S/C13H13FN2O3/c1-8(6-7-15)11(13(18)19)16-12(17)9-2-4-10(14)5-3-9/h2-5,8,11H,6H2,1H3,(H,16,17)(H,18,19)/t8-,11-/m1/s1. The summed E-state index contributed by atoms with van der Waals surface area (Å²) in [5.41, 5.74) is 0.164. The number of carbonyl (C=O) groups is 2. The molecule has 0 radical (unpaired) electrons. The number of nitriles is 1. The summed E-state index contributed by atoms with van der Waals surface area (Å²) in [6, 6.07) is 5.46. The zero-order valence-electron chi connectivity index (χ0n) is 10.3. The monoisotopic (exact) mass is 264 g/mol. The van der Waals surface area contributed by atoms with Crippen molar-refractivity contribution in [3.63, 3.8) is 0 Å². The van der Waals surface area contributed by atoms with Crippen LogP contribution in [0.15, 0.2) is 24.3 Å². The minimum atomic E-state index is -1.21. The molecular formula is C13H13FN2O3. The number of hydrogen-bond acceptors (Lipinski definition) is 3. The molecule has 6 heteroatoms. The van der Waals surface area contributed by atoms with Gasteiger partial charge in [0.1, 0.15) is 11.9 Å². The molecule has 2 N–H and O–H groups in total.